The Bertz CT molecular complexity index is 2560. The van der Waals surface area contributed by atoms with Gasteiger partial charge >= 0.3 is 0 Å². The lowest BCUT2D eigenvalue weighted by atomic mass is 9.33. The molecule has 2 aromatic heterocycles. The molecule has 2 aliphatic heterocycles. The van der Waals surface area contributed by atoms with Crippen LogP contribution in [0, 0.1) is 0 Å². The lowest BCUT2D eigenvalue weighted by molar-refractivity contribution is 1.26. The number of thiophene rings is 2. The molecule has 0 saturated carbocycles. The Morgan fingerprint density at radius 1 is 0.362 bits per heavy atom. The van der Waals surface area contributed by atoms with E-state index in [1.165, 1.54) is 90.9 Å². The van der Waals surface area contributed by atoms with Crippen LogP contribution >= 0.6 is 22.7 Å². The summed E-state index contributed by atoms with van der Waals surface area (Å²) >= 11 is 3.76. The molecule has 0 N–H and O–H groups in total. The number of nitrogens with zero attached hydrogens (tertiary/aromatic N) is 2. The van der Waals surface area contributed by atoms with Crippen molar-refractivity contribution in [2.24, 2.45) is 0 Å². The van der Waals surface area contributed by atoms with Crippen molar-refractivity contribution in [2.75, 3.05) is 9.80 Å². The molecule has 0 atom stereocenters. The zero-order chi connectivity index (χ0) is 30.6. The average Bonchev–Trinajstić information content (AvgIpc) is 3.69. The molecule has 0 amide bonds. The average molecular weight is 633 g/mol. The fourth-order valence-corrected chi connectivity index (χ4v) is 10.4. The molecule has 0 aliphatic carbocycles. The van der Waals surface area contributed by atoms with E-state index in [0.29, 0.717) is 0 Å². The topological polar surface area (TPSA) is 6.48 Å². The highest BCUT2D eigenvalue weighted by Gasteiger charge is 2.42. The SMILES string of the molecule is c1ccc2c(c1)B1c3ccccc3N(c3ccc4c(c3)sc3ccccc34)c3cccc(c31)N2c1ccc2c(c1)sc1ccccc12. The molecule has 2 aliphatic rings. The molecule has 0 unspecified atom stereocenters. The first-order valence-electron chi connectivity index (χ1n) is 16.1. The summed E-state index contributed by atoms with van der Waals surface area (Å²) in [6, 6.07) is 56.4. The predicted octanol–water partition coefficient (Wildman–Crippen LogP) is 10.5. The second-order valence-electron chi connectivity index (χ2n) is 12.5. The Kier molecular flexibility index (Phi) is 5.26. The van der Waals surface area contributed by atoms with Crippen LogP contribution in [0.15, 0.2) is 152 Å². The molecule has 0 saturated heterocycles. The second-order valence-corrected chi connectivity index (χ2v) is 14.7. The van der Waals surface area contributed by atoms with E-state index in [1.807, 2.05) is 22.7 Å². The second kappa shape index (κ2) is 9.58. The summed E-state index contributed by atoms with van der Waals surface area (Å²) in [5.41, 5.74) is 11.4. The minimum Gasteiger partial charge on any atom is -0.311 e. The predicted molar refractivity (Wildman–Crippen MR) is 206 cm³/mol. The van der Waals surface area contributed by atoms with Gasteiger partial charge in [-0.3, -0.25) is 0 Å². The van der Waals surface area contributed by atoms with Crippen molar-refractivity contribution in [3.8, 4) is 0 Å². The summed E-state index contributed by atoms with van der Waals surface area (Å²) in [7, 11) is 0. The summed E-state index contributed by atoms with van der Waals surface area (Å²) in [5, 5.41) is 5.31. The Morgan fingerprint density at radius 3 is 1.32 bits per heavy atom. The first-order chi connectivity index (χ1) is 23.3. The smallest absolute Gasteiger partial charge is 0.252 e. The van der Waals surface area contributed by atoms with Crippen LogP contribution < -0.4 is 26.2 Å². The van der Waals surface area contributed by atoms with Crippen LogP contribution in [0.4, 0.5) is 34.1 Å². The van der Waals surface area contributed by atoms with Gasteiger partial charge < -0.3 is 9.80 Å². The molecular weight excluding hydrogens is 607 g/mol. The van der Waals surface area contributed by atoms with Gasteiger partial charge in [-0.15, -0.1) is 22.7 Å². The number of rotatable bonds is 2. The summed E-state index contributed by atoms with van der Waals surface area (Å²) in [4.78, 5) is 4.99. The van der Waals surface area contributed by atoms with Crippen molar-refractivity contribution in [2.45, 2.75) is 0 Å². The zero-order valence-corrected chi connectivity index (χ0v) is 26.9. The highest BCUT2D eigenvalue weighted by molar-refractivity contribution is 7.26. The maximum Gasteiger partial charge on any atom is 0.252 e. The normalized spacial score (nSPS) is 13.4. The number of para-hydroxylation sites is 2. The van der Waals surface area contributed by atoms with Gasteiger partial charge in [0, 0.05) is 74.5 Å². The monoisotopic (exact) mass is 632 g/mol. The standard InChI is InChI=1S/C42H25BN2S2/c1-7-18-38-28(10-1)30-22-20-26(24-40(30)46-38)44-34-14-5-3-12-32(34)43-33-13-4-6-15-35(33)45(37-17-9-16-36(44)42(37)43)27-21-23-31-29-11-2-8-19-39(29)47-41(31)25-27/h1-25H. The van der Waals surface area contributed by atoms with E-state index in [4.69, 9.17) is 0 Å². The van der Waals surface area contributed by atoms with Crippen LogP contribution in [0.2, 0.25) is 0 Å². The highest BCUT2D eigenvalue weighted by atomic mass is 32.1. The van der Waals surface area contributed by atoms with Crippen LogP contribution in [-0.2, 0) is 0 Å². The van der Waals surface area contributed by atoms with Crippen molar-refractivity contribution < 1.29 is 0 Å². The third kappa shape index (κ3) is 3.56. The molecule has 5 heteroatoms. The first kappa shape index (κ1) is 25.8. The molecule has 0 spiro atoms. The Morgan fingerprint density at radius 2 is 0.787 bits per heavy atom. The van der Waals surface area contributed by atoms with Crippen LogP contribution in [0.3, 0.4) is 0 Å². The summed E-state index contributed by atoms with van der Waals surface area (Å²) in [6.45, 7) is 0.141. The minimum atomic E-state index is 0.141. The van der Waals surface area contributed by atoms with E-state index in [2.05, 4.69) is 161 Å². The van der Waals surface area contributed by atoms with E-state index in [9.17, 15) is 0 Å². The maximum absolute atomic E-state index is 2.50. The molecular formula is C42H25BN2S2. The van der Waals surface area contributed by atoms with Gasteiger partial charge in [0.15, 0.2) is 0 Å². The minimum absolute atomic E-state index is 0.141. The van der Waals surface area contributed by atoms with Gasteiger partial charge in [0.25, 0.3) is 6.71 Å². The molecule has 47 heavy (non-hydrogen) atoms. The van der Waals surface area contributed by atoms with E-state index in [1.54, 1.807) is 0 Å². The van der Waals surface area contributed by atoms with E-state index >= 15 is 0 Å². The highest BCUT2D eigenvalue weighted by Crippen LogP contribution is 2.46. The van der Waals surface area contributed by atoms with Crippen LogP contribution in [0.5, 0.6) is 0 Å². The number of hydrogen-bond acceptors (Lipinski definition) is 4. The largest absolute Gasteiger partial charge is 0.311 e. The quantitative estimate of drug-likeness (QED) is 0.175. The fraction of sp³-hybridized carbons (Fsp3) is 0. The Hall–Kier alpha value is -5.36. The van der Waals surface area contributed by atoms with E-state index in [0.717, 1.165) is 0 Å². The molecule has 0 bridgehead atoms. The van der Waals surface area contributed by atoms with E-state index in [-0.39, 0.29) is 6.71 Å². The molecule has 2 nitrogen and oxygen atoms in total. The van der Waals surface area contributed by atoms with Gasteiger partial charge in [-0.1, -0.05) is 91.0 Å². The molecule has 4 heterocycles. The molecule has 218 valence electrons. The fourth-order valence-electron chi connectivity index (χ4n) is 8.10. The Labute approximate surface area is 280 Å². The van der Waals surface area contributed by atoms with Crippen molar-refractivity contribution >= 4 is 120 Å². The number of anilines is 6. The van der Waals surface area contributed by atoms with Crippen molar-refractivity contribution in [1.29, 1.82) is 0 Å². The van der Waals surface area contributed by atoms with E-state index < -0.39 is 0 Å². The number of benzene rings is 7. The van der Waals surface area contributed by atoms with Gasteiger partial charge in [-0.05, 0) is 77.1 Å². The maximum atomic E-state index is 2.50. The van der Waals surface area contributed by atoms with Crippen molar-refractivity contribution in [1.82, 2.24) is 0 Å². The van der Waals surface area contributed by atoms with Gasteiger partial charge in [0.05, 0.1) is 0 Å². The molecule has 7 aromatic carbocycles. The lowest BCUT2D eigenvalue weighted by Crippen LogP contribution is -2.61. The summed E-state index contributed by atoms with van der Waals surface area (Å²) in [5.74, 6) is 0. The number of fused-ring (bicyclic) bond motifs is 10. The van der Waals surface area contributed by atoms with Gasteiger partial charge in [-0.25, -0.2) is 0 Å². The van der Waals surface area contributed by atoms with Crippen molar-refractivity contribution in [3.05, 3.63) is 152 Å². The van der Waals surface area contributed by atoms with Gasteiger partial charge in [0.1, 0.15) is 0 Å². The number of hydrogen-bond donors (Lipinski definition) is 0. The van der Waals surface area contributed by atoms with Crippen LogP contribution in [0.1, 0.15) is 0 Å². The lowest BCUT2D eigenvalue weighted by Gasteiger charge is -2.44. The summed E-state index contributed by atoms with van der Waals surface area (Å²) in [6.07, 6.45) is 0. The van der Waals surface area contributed by atoms with Gasteiger partial charge in [-0.2, -0.15) is 0 Å². The summed E-state index contributed by atoms with van der Waals surface area (Å²) < 4.78 is 5.30. The van der Waals surface area contributed by atoms with Crippen LogP contribution in [-0.4, -0.2) is 6.71 Å². The molecule has 0 fully saturated rings. The Balaban J connectivity index is 1.16. The molecule has 11 rings (SSSR count). The zero-order valence-electron chi connectivity index (χ0n) is 25.2. The molecule has 9 aromatic rings. The van der Waals surface area contributed by atoms with Gasteiger partial charge in [0.2, 0.25) is 0 Å². The third-order valence-electron chi connectivity index (χ3n) is 10.0. The van der Waals surface area contributed by atoms with Crippen LogP contribution in [0.25, 0.3) is 40.3 Å². The molecule has 0 radical (unpaired) electrons. The third-order valence-corrected chi connectivity index (χ3v) is 12.3. The van der Waals surface area contributed by atoms with Crippen molar-refractivity contribution in [3.63, 3.8) is 0 Å². The first-order valence-corrected chi connectivity index (χ1v) is 17.7.